The molecule has 0 radical (unpaired) electrons. The van der Waals surface area contributed by atoms with E-state index in [1.807, 2.05) is 0 Å². The predicted octanol–water partition coefficient (Wildman–Crippen LogP) is 1.88. The Kier molecular flexibility index (Phi) is 7.09. The van der Waals surface area contributed by atoms with Gasteiger partial charge < -0.3 is 15.1 Å². The molecule has 0 aromatic rings. The molecule has 0 aromatic carbocycles. The number of hydrogen-bond acceptors (Lipinski definition) is 3. The minimum absolute atomic E-state index is 0.129. The molecule has 3 unspecified atom stereocenters. The van der Waals surface area contributed by atoms with Gasteiger partial charge in [0.05, 0.1) is 12.7 Å². The smallest absolute Gasteiger partial charge is 0.0580 e. The SMILES string of the molecule is CCCC1CCC(O)C(CN(CC)CCO)C1. The zero-order valence-electron chi connectivity index (χ0n) is 11.4. The first kappa shape index (κ1) is 14.9. The second-order valence-electron chi connectivity index (χ2n) is 5.41. The Balaban J connectivity index is 2.42. The van der Waals surface area contributed by atoms with Gasteiger partial charge in [0, 0.05) is 13.1 Å². The zero-order chi connectivity index (χ0) is 12.7. The molecule has 17 heavy (non-hydrogen) atoms. The summed E-state index contributed by atoms with van der Waals surface area (Å²) >= 11 is 0. The minimum Gasteiger partial charge on any atom is -0.395 e. The molecule has 1 aliphatic rings. The van der Waals surface area contributed by atoms with Crippen LogP contribution in [-0.2, 0) is 0 Å². The van der Waals surface area contributed by atoms with Crippen LogP contribution < -0.4 is 0 Å². The molecule has 0 saturated heterocycles. The number of aliphatic hydroxyl groups excluding tert-OH is 2. The predicted molar refractivity (Wildman–Crippen MR) is 70.9 cm³/mol. The Morgan fingerprint density at radius 2 is 2.00 bits per heavy atom. The molecule has 3 atom stereocenters. The van der Waals surface area contributed by atoms with Crippen LogP contribution >= 0.6 is 0 Å². The maximum absolute atomic E-state index is 10.1. The second-order valence-corrected chi connectivity index (χ2v) is 5.41. The van der Waals surface area contributed by atoms with Crippen LogP contribution in [0.2, 0.25) is 0 Å². The van der Waals surface area contributed by atoms with Crippen LogP contribution in [0.25, 0.3) is 0 Å². The van der Waals surface area contributed by atoms with Gasteiger partial charge >= 0.3 is 0 Å². The average Bonchev–Trinajstić information content (AvgIpc) is 2.33. The largest absolute Gasteiger partial charge is 0.395 e. The van der Waals surface area contributed by atoms with Crippen LogP contribution in [0.15, 0.2) is 0 Å². The third-order valence-corrected chi connectivity index (χ3v) is 4.10. The second kappa shape index (κ2) is 8.06. The first-order valence-electron chi connectivity index (χ1n) is 7.22. The van der Waals surface area contributed by atoms with Crippen molar-refractivity contribution in [2.75, 3.05) is 26.2 Å². The van der Waals surface area contributed by atoms with E-state index in [0.717, 1.165) is 38.4 Å². The number of hydrogen-bond donors (Lipinski definition) is 2. The highest BCUT2D eigenvalue weighted by Crippen LogP contribution is 2.32. The monoisotopic (exact) mass is 243 g/mol. The highest BCUT2D eigenvalue weighted by molar-refractivity contribution is 4.81. The summed E-state index contributed by atoms with van der Waals surface area (Å²) in [7, 11) is 0. The molecule has 3 nitrogen and oxygen atoms in total. The summed E-state index contributed by atoms with van der Waals surface area (Å²) in [6.45, 7) is 7.21. The summed E-state index contributed by atoms with van der Waals surface area (Å²) in [5.74, 6) is 1.22. The molecule has 0 amide bonds. The fourth-order valence-electron chi connectivity index (χ4n) is 3.06. The van der Waals surface area contributed by atoms with E-state index in [1.165, 1.54) is 19.3 Å². The number of nitrogens with zero attached hydrogens (tertiary/aromatic N) is 1. The summed E-state index contributed by atoms with van der Waals surface area (Å²) in [6, 6.07) is 0. The van der Waals surface area contributed by atoms with Gasteiger partial charge in [-0.2, -0.15) is 0 Å². The van der Waals surface area contributed by atoms with E-state index in [-0.39, 0.29) is 12.7 Å². The first-order valence-corrected chi connectivity index (χ1v) is 7.22. The highest BCUT2D eigenvalue weighted by Gasteiger charge is 2.29. The number of rotatable bonds is 7. The van der Waals surface area contributed by atoms with Gasteiger partial charge in [0.15, 0.2) is 0 Å². The number of aliphatic hydroxyl groups is 2. The lowest BCUT2D eigenvalue weighted by atomic mass is 9.77. The molecule has 1 rings (SSSR count). The summed E-state index contributed by atoms with van der Waals surface area (Å²) < 4.78 is 0. The van der Waals surface area contributed by atoms with Gasteiger partial charge in [-0.1, -0.05) is 26.7 Å². The lowest BCUT2D eigenvalue weighted by molar-refractivity contribution is 0.0239. The summed E-state index contributed by atoms with van der Waals surface area (Å²) in [6.07, 6.45) is 5.74. The summed E-state index contributed by atoms with van der Waals surface area (Å²) in [5, 5.41) is 19.1. The van der Waals surface area contributed by atoms with E-state index in [1.54, 1.807) is 0 Å². The topological polar surface area (TPSA) is 43.7 Å². The van der Waals surface area contributed by atoms with E-state index >= 15 is 0 Å². The van der Waals surface area contributed by atoms with Crippen molar-refractivity contribution in [1.29, 1.82) is 0 Å². The molecule has 2 N–H and O–H groups in total. The fraction of sp³-hybridized carbons (Fsp3) is 1.00. The minimum atomic E-state index is -0.129. The van der Waals surface area contributed by atoms with Crippen LogP contribution in [0.5, 0.6) is 0 Å². The van der Waals surface area contributed by atoms with Gasteiger partial charge in [0.2, 0.25) is 0 Å². The van der Waals surface area contributed by atoms with Crippen LogP contribution in [0.4, 0.5) is 0 Å². The van der Waals surface area contributed by atoms with Crippen molar-refractivity contribution in [3.63, 3.8) is 0 Å². The molecule has 0 bridgehead atoms. The molecule has 102 valence electrons. The van der Waals surface area contributed by atoms with Gasteiger partial charge in [-0.25, -0.2) is 0 Å². The molecule has 1 aliphatic carbocycles. The van der Waals surface area contributed by atoms with Gasteiger partial charge in [-0.15, -0.1) is 0 Å². The van der Waals surface area contributed by atoms with E-state index in [0.29, 0.717) is 5.92 Å². The molecule has 1 saturated carbocycles. The van der Waals surface area contributed by atoms with E-state index < -0.39 is 0 Å². The van der Waals surface area contributed by atoms with Crippen LogP contribution in [-0.4, -0.2) is 47.5 Å². The van der Waals surface area contributed by atoms with Crippen molar-refractivity contribution >= 4 is 0 Å². The van der Waals surface area contributed by atoms with Crippen molar-refractivity contribution < 1.29 is 10.2 Å². The Hall–Kier alpha value is -0.120. The summed E-state index contributed by atoms with van der Waals surface area (Å²) in [5.41, 5.74) is 0. The maximum atomic E-state index is 10.1. The maximum Gasteiger partial charge on any atom is 0.0580 e. The fourth-order valence-corrected chi connectivity index (χ4v) is 3.06. The zero-order valence-corrected chi connectivity index (χ0v) is 11.4. The van der Waals surface area contributed by atoms with Crippen molar-refractivity contribution in [2.24, 2.45) is 11.8 Å². The molecule has 0 aromatic heterocycles. The lowest BCUT2D eigenvalue weighted by Gasteiger charge is -2.36. The van der Waals surface area contributed by atoms with E-state index in [4.69, 9.17) is 5.11 Å². The third kappa shape index (κ3) is 4.94. The Bertz CT molecular complexity index is 199. The van der Waals surface area contributed by atoms with E-state index in [2.05, 4.69) is 18.7 Å². The Morgan fingerprint density at radius 3 is 2.59 bits per heavy atom. The van der Waals surface area contributed by atoms with Crippen molar-refractivity contribution in [1.82, 2.24) is 4.90 Å². The first-order chi connectivity index (χ1) is 8.21. The average molecular weight is 243 g/mol. The quantitative estimate of drug-likeness (QED) is 0.717. The lowest BCUT2D eigenvalue weighted by Crippen LogP contribution is -2.40. The molecular formula is C14H29NO2. The molecule has 3 heteroatoms. The van der Waals surface area contributed by atoms with Crippen LogP contribution in [0.1, 0.15) is 46.0 Å². The normalized spacial score (nSPS) is 29.8. The molecule has 0 heterocycles. The highest BCUT2D eigenvalue weighted by atomic mass is 16.3. The van der Waals surface area contributed by atoms with Gasteiger partial charge in [0.1, 0.15) is 0 Å². The van der Waals surface area contributed by atoms with Crippen molar-refractivity contribution in [3.05, 3.63) is 0 Å². The molecule has 1 fully saturated rings. The summed E-state index contributed by atoms with van der Waals surface area (Å²) in [4.78, 5) is 2.25. The molecular weight excluding hydrogens is 214 g/mol. The van der Waals surface area contributed by atoms with Gasteiger partial charge in [0.25, 0.3) is 0 Å². The third-order valence-electron chi connectivity index (χ3n) is 4.10. The van der Waals surface area contributed by atoms with Crippen LogP contribution in [0, 0.1) is 11.8 Å². The van der Waals surface area contributed by atoms with Gasteiger partial charge in [-0.05, 0) is 37.6 Å². The Labute approximate surface area is 106 Å². The van der Waals surface area contributed by atoms with Gasteiger partial charge in [-0.3, -0.25) is 0 Å². The molecule has 0 spiro atoms. The van der Waals surface area contributed by atoms with Crippen LogP contribution in [0.3, 0.4) is 0 Å². The standard InChI is InChI=1S/C14H29NO2/c1-3-5-12-6-7-14(17)13(10-12)11-15(4-2)8-9-16/h12-14,16-17H,3-11H2,1-2H3. The van der Waals surface area contributed by atoms with Crippen molar-refractivity contribution in [3.8, 4) is 0 Å². The molecule has 0 aliphatic heterocycles. The Morgan fingerprint density at radius 1 is 1.24 bits per heavy atom. The van der Waals surface area contributed by atoms with E-state index in [9.17, 15) is 5.11 Å². The van der Waals surface area contributed by atoms with Crippen molar-refractivity contribution in [2.45, 2.75) is 52.1 Å². The number of likely N-dealkylation sites (N-methyl/N-ethyl adjacent to an activating group) is 1.